The SMILES string of the molecule is CCOC(=O)CN1C(=S)N[C@H](c2ccccn2)[C@@H]1c1cccn1C1CCCC1. The number of thiocarbonyl (C=S) groups is 1. The van der Waals surface area contributed by atoms with Gasteiger partial charge in [0.1, 0.15) is 6.54 Å². The van der Waals surface area contributed by atoms with Crippen LogP contribution in [0.4, 0.5) is 0 Å². The molecule has 0 spiro atoms. The second-order valence-corrected chi connectivity index (χ2v) is 7.72. The van der Waals surface area contributed by atoms with Gasteiger partial charge in [-0.1, -0.05) is 18.9 Å². The predicted molar refractivity (Wildman–Crippen MR) is 111 cm³/mol. The van der Waals surface area contributed by atoms with E-state index in [1.807, 2.05) is 30.0 Å². The molecule has 3 heterocycles. The minimum atomic E-state index is -0.266. The van der Waals surface area contributed by atoms with Crippen molar-refractivity contribution in [2.24, 2.45) is 0 Å². The fraction of sp³-hybridized carbons (Fsp3) is 0.476. The molecule has 4 rings (SSSR count). The maximum atomic E-state index is 12.3. The van der Waals surface area contributed by atoms with Crippen LogP contribution in [0.2, 0.25) is 0 Å². The van der Waals surface area contributed by atoms with Crippen molar-refractivity contribution in [3.05, 3.63) is 54.1 Å². The normalized spacial score (nSPS) is 22.5. The summed E-state index contributed by atoms with van der Waals surface area (Å²) < 4.78 is 7.57. The largest absolute Gasteiger partial charge is 0.465 e. The maximum absolute atomic E-state index is 12.3. The first-order valence-corrected chi connectivity index (χ1v) is 10.4. The zero-order valence-corrected chi connectivity index (χ0v) is 16.9. The van der Waals surface area contributed by atoms with E-state index >= 15 is 0 Å². The van der Waals surface area contributed by atoms with Gasteiger partial charge in [0, 0.05) is 24.1 Å². The highest BCUT2D eigenvalue weighted by Crippen LogP contribution is 2.41. The van der Waals surface area contributed by atoms with Crippen LogP contribution >= 0.6 is 12.2 Å². The molecule has 2 aromatic heterocycles. The number of esters is 1. The molecule has 2 aliphatic rings. The van der Waals surface area contributed by atoms with Crippen molar-refractivity contribution < 1.29 is 9.53 Å². The Balaban J connectivity index is 1.72. The number of rotatable bonds is 6. The summed E-state index contributed by atoms with van der Waals surface area (Å²) in [5.74, 6) is -0.266. The van der Waals surface area contributed by atoms with Crippen molar-refractivity contribution >= 4 is 23.3 Å². The summed E-state index contributed by atoms with van der Waals surface area (Å²) in [5.41, 5.74) is 2.08. The third-order valence-corrected chi connectivity index (χ3v) is 5.99. The van der Waals surface area contributed by atoms with Crippen LogP contribution in [0, 0.1) is 0 Å². The van der Waals surface area contributed by atoms with E-state index in [1.165, 1.54) is 31.4 Å². The van der Waals surface area contributed by atoms with Gasteiger partial charge in [0.2, 0.25) is 0 Å². The Bertz CT molecular complexity index is 832. The first kappa shape index (κ1) is 18.9. The van der Waals surface area contributed by atoms with Crippen molar-refractivity contribution in [1.82, 2.24) is 19.8 Å². The zero-order chi connectivity index (χ0) is 19.5. The molecule has 28 heavy (non-hydrogen) atoms. The standard InChI is InChI=1S/C21H26N4O2S/c1-2-27-18(26)14-25-20(17-11-7-13-24(17)15-8-3-4-9-15)19(23-21(25)28)16-10-5-6-12-22-16/h5-7,10-13,15,19-20H,2-4,8-9,14H2,1H3,(H,23,28)/t19-,20+/m1/s1. The Kier molecular flexibility index (Phi) is 5.62. The van der Waals surface area contributed by atoms with Crippen molar-refractivity contribution in [3.8, 4) is 0 Å². The molecule has 1 aliphatic carbocycles. The number of hydrogen-bond donors (Lipinski definition) is 1. The van der Waals surface area contributed by atoms with Crippen LogP contribution in [-0.4, -0.2) is 38.7 Å². The molecule has 6 nitrogen and oxygen atoms in total. The van der Waals surface area contributed by atoms with E-state index in [9.17, 15) is 4.79 Å². The number of ether oxygens (including phenoxy) is 1. The van der Waals surface area contributed by atoms with Gasteiger partial charge < -0.3 is 19.5 Å². The number of nitrogens with zero attached hydrogens (tertiary/aromatic N) is 3. The Labute approximate surface area is 170 Å². The van der Waals surface area contributed by atoms with Crippen molar-refractivity contribution in [3.63, 3.8) is 0 Å². The van der Waals surface area contributed by atoms with Gasteiger partial charge in [-0.2, -0.15) is 0 Å². The Morgan fingerprint density at radius 2 is 2.11 bits per heavy atom. The average Bonchev–Trinajstić information content (AvgIpc) is 3.43. The lowest BCUT2D eigenvalue weighted by atomic mass is 10.0. The zero-order valence-electron chi connectivity index (χ0n) is 16.1. The molecule has 2 aromatic rings. The summed E-state index contributed by atoms with van der Waals surface area (Å²) in [5, 5.41) is 3.96. The molecule has 7 heteroatoms. The fourth-order valence-electron chi connectivity index (χ4n) is 4.42. The minimum Gasteiger partial charge on any atom is -0.465 e. The molecule has 1 saturated carbocycles. The number of carbonyl (C=O) groups is 1. The summed E-state index contributed by atoms with van der Waals surface area (Å²) in [6.07, 6.45) is 8.86. The highest BCUT2D eigenvalue weighted by atomic mass is 32.1. The van der Waals surface area contributed by atoms with Gasteiger partial charge in [0.25, 0.3) is 0 Å². The molecule has 2 atom stereocenters. The quantitative estimate of drug-likeness (QED) is 0.593. The number of carbonyl (C=O) groups excluding carboxylic acids is 1. The molecule has 0 amide bonds. The van der Waals surface area contributed by atoms with Crippen LogP contribution < -0.4 is 5.32 Å². The average molecular weight is 399 g/mol. The molecule has 148 valence electrons. The lowest BCUT2D eigenvalue weighted by Gasteiger charge is -2.29. The molecule has 1 saturated heterocycles. The maximum Gasteiger partial charge on any atom is 0.325 e. The van der Waals surface area contributed by atoms with E-state index in [-0.39, 0.29) is 24.6 Å². The highest BCUT2D eigenvalue weighted by molar-refractivity contribution is 7.80. The lowest BCUT2D eigenvalue weighted by molar-refractivity contribution is -0.143. The lowest BCUT2D eigenvalue weighted by Crippen LogP contribution is -2.36. The summed E-state index contributed by atoms with van der Waals surface area (Å²) in [6.45, 7) is 2.31. The summed E-state index contributed by atoms with van der Waals surface area (Å²) in [7, 11) is 0. The molecule has 1 aliphatic heterocycles. The minimum absolute atomic E-state index is 0.109. The van der Waals surface area contributed by atoms with Crippen LogP contribution in [0.25, 0.3) is 0 Å². The molecule has 0 bridgehead atoms. The second kappa shape index (κ2) is 8.31. The van der Waals surface area contributed by atoms with Gasteiger partial charge in [0.15, 0.2) is 5.11 Å². The number of aromatic nitrogens is 2. The number of hydrogen-bond acceptors (Lipinski definition) is 4. The van der Waals surface area contributed by atoms with Gasteiger partial charge in [-0.3, -0.25) is 9.78 Å². The van der Waals surface area contributed by atoms with E-state index < -0.39 is 0 Å². The third-order valence-electron chi connectivity index (χ3n) is 5.64. The first-order valence-electron chi connectivity index (χ1n) is 9.99. The molecule has 0 unspecified atom stereocenters. The van der Waals surface area contributed by atoms with Crippen LogP contribution in [0.1, 0.15) is 62.1 Å². The van der Waals surface area contributed by atoms with E-state index in [0.29, 0.717) is 17.8 Å². The molecule has 0 radical (unpaired) electrons. The molecule has 1 N–H and O–H groups in total. The van der Waals surface area contributed by atoms with Gasteiger partial charge in [0.05, 0.1) is 24.4 Å². The van der Waals surface area contributed by atoms with Gasteiger partial charge >= 0.3 is 5.97 Å². The van der Waals surface area contributed by atoms with Crippen LogP contribution in [0.15, 0.2) is 42.7 Å². The smallest absolute Gasteiger partial charge is 0.325 e. The van der Waals surface area contributed by atoms with E-state index in [4.69, 9.17) is 17.0 Å². The van der Waals surface area contributed by atoms with Gasteiger partial charge in [-0.05, 0) is 56.2 Å². The Morgan fingerprint density at radius 3 is 2.82 bits per heavy atom. The summed E-state index contributed by atoms with van der Waals surface area (Å²) in [6, 6.07) is 10.4. The second-order valence-electron chi connectivity index (χ2n) is 7.34. The van der Waals surface area contributed by atoms with E-state index in [2.05, 4.69) is 33.2 Å². The van der Waals surface area contributed by atoms with Gasteiger partial charge in [-0.25, -0.2) is 0 Å². The van der Waals surface area contributed by atoms with Crippen LogP contribution in [-0.2, 0) is 9.53 Å². The van der Waals surface area contributed by atoms with Crippen molar-refractivity contribution in [1.29, 1.82) is 0 Å². The highest BCUT2D eigenvalue weighted by Gasteiger charge is 2.42. The van der Waals surface area contributed by atoms with Crippen LogP contribution in [0.5, 0.6) is 0 Å². The van der Waals surface area contributed by atoms with Crippen molar-refractivity contribution in [2.45, 2.75) is 50.7 Å². The predicted octanol–water partition coefficient (Wildman–Crippen LogP) is 3.53. The third kappa shape index (κ3) is 3.63. The van der Waals surface area contributed by atoms with E-state index in [1.54, 1.807) is 6.20 Å². The molecular formula is C21H26N4O2S. The monoisotopic (exact) mass is 398 g/mol. The number of pyridine rings is 1. The first-order chi connectivity index (χ1) is 13.7. The Hall–Kier alpha value is -2.41. The summed E-state index contributed by atoms with van der Waals surface area (Å²) >= 11 is 5.62. The number of nitrogens with one attached hydrogen (secondary N) is 1. The van der Waals surface area contributed by atoms with E-state index in [0.717, 1.165) is 5.69 Å². The Morgan fingerprint density at radius 1 is 1.29 bits per heavy atom. The molecule has 2 fully saturated rings. The van der Waals surface area contributed by atoms with Gasteiger partial charge in [-0.15, -0.1) is 0 Å². The fourth-order valence-corrected chi connectivity index (χ4v) is 4.72. The molecule has 0 aromatic carbocycles. The van der Waals surface area contributed by atoms with Crippen LogP contribution in [0.3, 0.4) is 0 Å². The van der Waals surface area contributed by atoms with Crippen molar-refractivity contribution in [2.75, 3.05) is 13.2 Å². The molecular weight excluding hydrogens is 372 g/mol. The summed E-state index contributed by atoms with van der Waals surface area (Å²) in [4.78, 5) is 18.8. The topological polar surface area (TPSA) is 59.4 Å².